The van der Waals surface area contributed by atoms with Crippen molar-refractivity contribution in [1.82, 2.24) is 9.38 Å². The predicted molar refractivity (Wildman–Crippen MR) is 72.6 cm³/mol. The minimum Gasteiger partial charge on any atom is -0.478 e. The molecule has 4 nitrogen and oxygen atoms in total. The summed E-state index contributed by atoms with van der Waals surface area (Å²) in [5.41, 5.74) is -0.700. The van der Waals surface area contributed by atoms with Gasteiger partial charge in [-0.2, -0.15) is 13.2 Å². The van der Waals surface area contributed by atoms with Crippen LogP contribution in [0.25, 0.3) is 16.9 Å². The molecule has 0 saturated carbocycles. The topological polar surface area (TPSA) is 54.6 Å². The lowest BCUT2D eigenvalue weighted by Crippen LogP contribution is -2.08. The molecule has 0 spiro atoms. The lowest BCUT2D eigenvalue weighted by atomic mass is 10.1. The van der Waals surface area contributed by atoms with Gasteiger partial charge in [0, 0.05) is 11.8 Å². The lowest BCUT2D eigenvalue weighted by Gasteiger charge is -2.12. The molecule has 0 aliphatic carbocycles. The third-order valence-corrected chi connectivity index (χ3v) is 3.27. The molecule has 3 aromatic rings. The van der Waals surface area contributed by atoms with Crippen LogP contribution in [0.5, 0.6) is 0 Å². The van der Waals surface area contributed by atoms with Crippen LogP contribution in [-0.2, 0) is 6.18 Å². The number of carboxylic acids is 1. The summed E-state index contributed by atoms with van der Waals surface area (Å²) in [6.07, 6.45) is -1.78. The first kappa shape index (κ1) is 14.1. The molecule has 0 amide bonds. The zero-order chi connectivity index (χ0) is 15.9. The number of fused-ring (bicyclic) bond motifs is 1. The van der Waals surface area contributed by atoms with Crippen molar-refractivity contribution in [2.24, 2.45) is 0 Å². The fourth-order valence-electron chi connectivity index (χ4n) is 2.33. The summed E-state index contributed by atoms with van der Waals surface area (Å²) >= 11 is 0. The Labute approximate surface area is 122 Å². The van der Waals surface area contributed by atoms with Crippen LogP contribution < -0.4 is 0 Å². The van der Waals surface area contributed by atoms with E-state index in [-0.39, 0.29) is 22.5 Å². The molecule has 0 aliphatic heterocycles. The highest BCUT2D eigenvalue weighted by Gasteiger charge is 2.34. The van der Waals surface area contributed by atoms with Crippen LogP contribution in [-0.4, -0.2) is 20.5 Å². The van der Waals surface area contributed by atoms with Crippen LogP contribution in [0, 0.1) is 0 Å². The van der Waals surface area contributed by atoms with Gasteiger partial charge in [0.1, 0.15) is 5.82 Å². The summed E-state index contributed by atoms with van der Waals surface area (Å²) < 4.78 is 40.7. The van der Waals surface area contributed by atoms with Gasteiger partial charge in [0.25, 0.3) is 0 Å². The second kappa shape index (κ2) is 4.87. The third kappa shape index (κ3) is 2.20. The molecule has 2 heterocycles. The highest BCUT2D eigenvalue weighted by Crippen LogP contribution is 2.36. The van der Waals surface area contributed by atoms with Crippen LogP contribution in [0.3, 0.4) is 0 Å². The number of imidazole rings is 1. The van der Waals surface area contributed by atoms with Crippen molar-refractivity contribution < 1.29 is 23.1 Å². The highest BCUT2D eigenvalue weighted by molar-refractivity contribution is 5.95. The van der Waals surface area contributed by atoms with Crippen LogP contribution in [0.1, 0.15) is 15.9 Å². The van der Waals surface area contributed by atoms with Gasteiger partial charge in [0.15, 0.2) is 0 Å². The Morgan fingerprint density at radius 1 is 1.14 bits per heavy atom. The van der Waals surface area contributed by atoms with Gasteiger partial charge in [0.2, 0.25) is 0 Å². The quantitative estimate of drug-likeness (QED) is 0.785. The van der Waals surface area contributed by atoms with Gasteiger partial charge in [-0.05, 0) is 18.2 Å². The lowest BCUT2D eigenvalue weighted by molar-refractivity contribution is -0.137. The molecule has 2 aromatic heterocycles. The highest BCUT2D eigenvalue weighted by atomic mass is 19.4. The van der Waals surface area contributed by atoms with E-state index in [9.17, 15) is 18.0 Å². The summed E-state index contributed by atoms with van der Waals surface area (Å²) in [6, 6.07) is 7.89. The van der Waals surface area contributed by atoms with Crippen LogP contribution >= 0.6 is 0 Å². The standard InChI is InChI=1S/C15H9F3N2O2/c16-15(17,18)11-6-2-1-4-9(11)13-19-8-12-10(14(21)22)5-3-7-20(12)13/h1-8H,(H,21,22). The zero-order valence-electron chi connectivity index (χ0n) is 11.0. The molecule has 0 atom stereocenters. The van der Waals surface area contributed by atoms with Gasteiger partial charge >= 0.3 is 12.1 Å². The van der Waals surface area contributed by atoms with E-state index in [0.29, 0.717) is 0 Å². The minimum atomic E-state index is -4.52. The molecule has 1 aromatic carbocycles. The van der Waals surface area contributed by atoms with E-state index in [1.165, 1.54) is 47.1 Å². The number of rotatable bonds is 2. The smallest absolute Gasteiger partial charge is 0.417 e. The number of alkyl halides is 3. The van der Waals surface area contributed by atoms with Crippen molar-refractivity contribution >= 4 is 11.5 Å². The maximum Gasteiger partial charge on any atom is 0.417 e. The first-order chi connectivity index (χ1) is 10.4. The van der Waals surface area contributed by atoms with Crippen molar-refractivity contribution in [3.63, 3.8) is 0 Å². The second-order valence-electron chi connectivity index (χ2n) is 4.61. The summed E-state index contributed by atoms with van der Waals surface area (Å²) in [5, 5.41) is 9.13. The van der Waals surface area contributed by atoms with Gasteiger partial charge in [-0.25, -0.2) is 9.78 Å². The van der Waals surface area contributed by atoms with Crippen molar-refractivity contribution in [2.75, 3.05) is 0 Å². The minimum absolute atomic E-state index is 0.0225. The zero-order valence-corrected chi connectivity index (χ0v) is 11.0. The maximum atomic E-state index is 13.1. The summed E-state index contributed by atoms with van der Waals surface area (Å²) in [4.78, 5) is 15.1. The van der Waals surface area contributed by atoms with E-state index in [2.05, 4.69) is 4.98 Å². The molecule has 112 valence electrons. The molecule has 1 N–H and O–H groups in total. The molecule has 22 heavy (non-hydrogen) atoms. The molecule has 0 unspecified atom stereocenters. The number of aromatic nitrogens is 2. The predicted octanol–water partition coefficient (Wildman–Crippen LogP) is 3.72. The van der Waals surface area contributed by atoms with Crippen molar-refractivity contribution in [3.05, 3.63) is 59.9 Å². The van der Waals surface area contributed by atoms with E-state index < -0.39 is 17.7 Å². The van der Waals surface area contributed by atoms with Crippen molar-refractivity contribution in [1.29, 1.82) is 0 Å². The van der Waals surface area contributed by atoms with Crippen LogP contribution in [0.2, 0.25) is 0 Å². The molecule has 0 radical (unpaired) electrons. The molecule has 0 aliphatic rings. The Kier molecular flexibility index (Phi) is 3.13. The van der Waals surface area contributed by atoms with E-state index in [1.807, 2.05) is 0 Å². The number of halogens is 3. The van der Waals surface area contributed by atoms with E-state index in [4.69, 9.17) is 5.11 Å². The van der Waals surface area contributed by atoms with Crippen LogP contribution in [0.4, 0.5) is 13.2 Å². The third-order valence-electron chi connectivity index (χ3n) is 3.27. The number of benzene rings is 1. The fraction of sp³-hybridized carbons (Fsp3) is 0.0667. The SMILES string of the molecule is O=C(O)c1cccn2c(-c3ccccc3C(F)(F)F)ncc12. The summed E-state index contributed by atoms with van der Waals surface area (Å²) in [5.74, 6) is -1.12. The molecular weight excluding hydrogens is 297 g/mol. The van der Waals surface area contributed by atoms with E-state index >= 15 is 0 Å². The number of carboxylic acid groups (broad SMARTS) is 1. The van der Waals surface area contributed by atoms with Crippen molar-refractivity contribution in [2.45, 2.75) is 6.18 Å². The van der Waals surface area contributed by atoms with Gasteiger partial charge in [-0.1, -0.05) is 18.2 Å². The van der Waals surface area contributed by atoms with Crippen molar-refractivity contribution in [3.8, 4) is 11.4 Å². The van der Waals surface area contributed by atoms with Gasteiger partial charge < -0.3 is 5.11 Å². The van der Waals surface area contributed by atoms with E-state index in [1.54, 1.807) is 0 Å². The monoisotopic (exact) mass is 306 g/mol. The molecule has 0 saturated heterocycles. The molecule has 0 bridgehead atoms. The number of pyridine rings is 1. The Balaban J connectivity index is 2.30. The largest absolute Gasteiger partial charge is 0.478 e. The average molecular weight is 306 g/mol. The number of hydrogen-bond donors (Lipinski definition) is 1. The molecule has 7 heteroatoms. The second-order valence-corrected chi connectivity index (χ2v) is 4.61. The van der Waals surface area contributed by atoms with E-state index in [0.717, 1.165) is 6.07 Å². The Hall–Kier alpha value is -2.83. The Bertz CT molecular complexity index is 869. The fourth-order valence-corrected chi connectivity index (χ4v) is 2.33. The number of aromatic carboxylic acids is 1. The first-order valence-corrected chi connectivity index (χ1v) is 6.25. The Morgan fingerprint density at radius 3 is 2.55 bits per heavy atom. The molecular formula is C15H9F3N2O2. The van der Waals surface area contributed by atoms with Crippen LogP contribution in [0.15, 0.2) is 48.8 Å². The van der Waals surface area contributed by atoms with Gasteiger partial charge in [-0.3, -0.25) is 4.40 Å². The molecule has 3 rings (SSSR count). The van der Waals surface area contributed by atoms with Gasteiger partial charge in [-0.15, -0.1) is 0 Å². The maximum absolute atomic E-state index is 13.1. The summed E-state index contributed by atoms with van der Waals surface area (Å²) in [6.45, 7) is 0. The number of nitrogens with zero attached hydrogens (tertiary/aromatic N) is 2. The number of hydrogen-bond acceptors (Lipinski definition) is 2. The first-order valence-electron chi connectivity index (χ1n) is 6.25. The average Bonchev–Trinajstić information content (AvgIpc) is 2.89. The van der Waals surface area contributed by atoms with Gasteiger partial charge in [0.05, 0.1) is 22.8 Å². The molecule has 0 fully saturated rings. The Morgan fingerprint density at radius 2 is 1.86 bits per heavy atom. The summed E-state index contributed by atoms with van der Waals surface area (Å²) in [7, 11) is 0. The number of carbonyl (C=O) groups is 1. The normalized spacial score (nSPS) is 11.8.